The molecule has 6 nitrogen and oxygen atoms in total. The molecule has 0 unspecified atom stereocenters. The molecule has 0 spiro atoms. The summed E-state index contributed by atoms with van der Waals surface area (Å²) < 4.78 is 16.6. The first-order valence-electron chi connectivity index (χ1n) is 21.9. The summed E-state index contributed by atoms with van der Waals surface area (Å²) in [6.45, 7) is 8.93. The lowest BCUT2D eigenvalue weighted by molar-refractivity contribution is -0.167. The van der Waals surface area contributed by atoms with Crippen LogP contribution >= 0.6 is 0 Å². The molecule has 0 heterocycles. The maximum atomic E-state index is 12.7. The first kappa shape index (κ1) is 48.4. The van der Waals surface area contributed by atoms with Crippen LogP contribution in [0.15, 0.2) is 0 Å². The van der Waals surface area contributed by atoms with E-state index in [-0.39, 0.29) is 31.1 Å². The normalized spacial score (nSPS) is 11.9. The van der Waals surface area contributed by atoms with E-state index in [2.05, 4.69) is 27.7 Å². The fourth-order valence-corrected chi connectivity index (χ4v) is 6.45. The molecule has 50 heavy (non-hydrogen) atoms. The van der Waals surface area contributed by atoms with Crippen LogP contribution in [0.2, 0.25) is 0 Å². The van der Waals surface area contributed by atoms with Crippen LogP contribution in [0.4, 0.5) is 0 Å². The number of ether oxygens (including phenoxy) is 3. The molecule has 1 atom stereocenters. The van der Waals surface area contributed by atoms with E-state index in [0.717, 1.165) is 63.7 Å². The number of unbranched alkanes of at least 4 members (excludes halogenated alkanes) is 26. The highest BCUT2D eigenvalue weighted by Crippen LogP contribution is 2.16. The van der Waals surface area contributed by atoms with Crippen LogP contribution in [0.5, 0.6) is 0 Å². The molecule has 0 N–H and O–H groups in total. The van der Waals surface area contributed by atoms with E-state index in [1.54, 1.807) is 0 Å². The minimum Gasteiger partial charge on any atom is -0.462 e. The fourth-order valence-electron chi connectivity index (χ4n) is 6.45. The quantitative estimate of drug-likeness (QED) is 0.0359. The molecule has 0 bridgehead atoms. The number of hydrogen-bond acceptors (Lipinski definition) is 6. The second-order valence-corrected chi connectivity index (χ2v) is 15.5. The zero-order valence-electron chi connectivity index (χ0n) is 33.9. The Bertz CT molecular complexity index is 751. The molecule has 0 saturated heterocycles. The molecule has 6 heteroatoms. The van der Waals surface area contributed by atoms with Crippen molar-refractivity contribution in [3.05, 3.63) is 0 Å². The summed E-state index contributed by atoms with van der Waals surface area (Å²) >= 11 is 0. The molecular weight excluding hydrogens is 624 g/mol. The van der Waals surface area contributed by atoms with E-state index < -0.39 is 6.10 Å². The van der Waals surface area contributed by atoms with E-state index in [1.165, 1.54) is 135 Å². The third kappa shape index (κ3) is 37.7. The highest BCUT2D eigenvalue weighted by atomic mass is 16.6. The van der Waals surface area contributed by atoms with Gasteiger partial charge in [-0.3, -0.25) is 14.4 Å². The second-order valence-electron chi connectivity index (χ2n) is 15.5. The Morgan fingerprint density at radius 2 is 0.660 bits per heavy atom. The van der Waals surface area contributed by atoms with Crippen molar-refractivity contribution in [2.24, 2.45) is 5.92 Å². The van der Waals surface area contributed by atoms with E-state index in [1.807, 2.05) is 0 Å². The van der Waals surface area contributed by atoms with Crippen molar-refractivity contribution >= 4 is 17.9 Å². The maximum Gasteiger partial charge on any atom is 0.306 e. The van der Waals surface area contributed by atoms with E-state index in [4.69, 9.17) is 14.2 Å². The van der Waals surface area contributed by atoms with Gasteiger partial charge in [0.05, 0.1) is 0 Å². The van der Waals surface area contributed by atoms with E-state index in [0.29, 0.717) is 19.3 Å². The Labute approximate surface area is 310 Å². The molecule has 0 aromatic rings. The Morgan fingerprint density at radius 1 is 0.380 bits per heavy atom. The van der Waals surface area contributed by atoms with Crippen molar-refractivity contribution in [1.29, 1.82) is 0 Å². The lowest BCUT2D eigenvalue weighted by Crippen LogP contribution is -2.30. The van der Waals surface area contributed by atoms with Crippen molar-refractivity contribution in [2.75, 3.05) is 13.2 Å². The molecule has 296 valence electrons. The van der Waals surface area contributed by atoms with Gasteiger partial charge < -0.3 is 14.2 Å². The third-order valence-electron chi connectivity index (χ3n) is 9.79. The number of rotatable bonds is 39. The highest BCUT2D eigenvalue weighted by Gasteiger charge is 2.19. The third-order valence-corrected chi connectivity index (χ3v) is 9.79. The number of esters is 3. The Hall–Kier alpha value is -1.59. The SMILES string of the molecule is CCCCCCCCCCCCCCC(=O)OC[C@H](COC(=O)CCCCCCCCC)OC(=O)CCCCCCCCCCCCC(C)C. The van der Waals surface area contributed by atoms with Crippen LogP contribution in [0.25, 0.3) is 0 Å². The summed E-state index contributed by atoms with van der Waals surface area (Å²) in [4.78, 5) is 37.5. The lowest BCUT2D eigenvalue weighted by atomic mass is 10.0. The Morgan fingerprint density at radius 3 is 0.980 bits per heavy atom. The van der Waals surface area contributed by atoms with Crippen molar-refractivity contribution in [3.8, 4) is 0 Å². The molecule has 0 fully saturated rings. The van der Waals surface area contributed by atoms with Gasteiger partial charge in [0, 0.05) is 19.3 Å². The zero-order chi connectivity index (χ0) is 36.8. The van der Waals surface area contributed by atoms with Gasteiger partial charge in [0.1, 0.15) is 13.2 Å². The smallest absolute Gasteiger partial charge is 0.306 e. The summed E-state index contributed by atoms with van der Waals surface area (Å²) in [5.74, 6) is -0.0471. The van der Waals surface area contributed by atoms with E-state index in [9.17, 15) is 14.4 Å². The van der Waals surface area contributed by atoms with Crippen LogP contribution in [0, 0.1) is 5.92 Å². The first-order valence-corrected chi connectivity index (χ1v) is 21.9. The van der Waals surface area contributed by atoms with Gasteiger partial charge >= 0.3 is 17.9 Å². The second kappa shape index (κ2) is 38.6. The standard InChI is InChI=1S/C44H84O6/c1-5-7-9-11-13-14-15-16-20-24-28-32-36-43(46)49-39-41(38-48-42(45)35-31-27-22-12-10-8-6-2)50-44(47)37-33-29-25-21-18-17-19-23-26-30-34-40(3)4/h40-41H,5-39H2,1-4H3/t41-/m0/s1. The number of carbonyl (C=O) groups is 3. The summed E-state index contributed by atoms with van der Waals surface area (Å²) in [7, 11) is 0. The number of hydrogen-bond donors (Lipinski definition) is 0. The van der Waals surface area contributed by atoms with Gasteiger partial charge in [0.25, 0.3) is 0 Å². The Kier molecular flexibility index (Phi) is 37.4. The fraction of sp³-hybridized carbons (Fsp3) is 0.932. The lowest BCUT2D eigenvalue weighted by Gasteiger charge is -2.18. The maximum absolute atomic E-state index is 12.7. The molecule has 0 aliphatic carbocycles. The topological polar surface area (TPSA) is 78.9 Å². The molecule has 0 aromatic carbocycles. The van der Waals surface area contributed by atoms with Crippen LogP contribution in [0.3, 0.4) is 0 Å². The van der Waals surface area contributed by atoms with Gasteiger partial charge in [0.15, 0.2) is 6.10 Å². The van der Waals surface area contributed by atoms with Crippen molar-refractivity contribution in [3.63, 3.8) is 0 Å². The van der Waals surface area contributed by atoms with Crippen LogP contribution in [-0.4, -0.2) is 37.2 Å². The molecule has 0 radical (unpaired) electrons. The molecule has 0 amide bonds. The summed E-state index contributed by atoms with van der Waals surface area (Å²) in [5, 5.41) is 0. The van der Waals surface area contributed by atoms with Crippen molar-refractivity contribution < 1.29 is 28.6 Å². The van der Waals surface area contributed by atoms with Crippen molar-refractivity contribution in [1.82, 2.24) is 0 Å². The predicted molar refractivity (Wildman–Crippen MR) is 210 cm³/mol. The minimum absolute atomic E-state index is 0.0645. The van der Waals surface area contributed by atoms with Crippen LogP contribution in [0.1, 0.15) is 240 Å². The monoisotopic (exact) mass is 709 g/mol. The zero-order valence-corrected chi connectivity index (χ0v) is 33.9. The van der Waals surface area contributed by atoms with Gasteiger partial charge in [-0.25, -0.2) is 0 Å². The summed E-state index contributed by atoms with van der Waals surface area (Å²) in [6.07, 6.45) is 36.6. The average molecular weight is 709 g/mol. The first-order chi connectivity index (χ1) is 24.4. The van der Waals surface area contributed by atoms with Crippen molar-refractivity contribution in [2.45, 2.75) is 246 Å². The van der Waals surface area contributed by atoms with Gasteiger partial charge in [-0.2, -0.15) is 0 Å². The molecular formula is C44H84O6. The highest BCUT2D eigenvalue weighted by molar-refractivity contribution is 5.71. The Balaban J connectivity index is 4.29. The molecule has 0 rings (SSSR count). The summed E-state index contributed by atoms with van der Waals surface area (Å²) in [6, 6.07) is 0. The van der Waals surface area contributed by atoms with Crippen LogP contribution in [-0.2, 0) is 28.6 Å². The van der Waals surface area contributed by atoms with Gasteiger partial charge in [-0.1, -0.05) is 201 Å². The average Bonchev–Trinajstić information content (AvgIpc) is 3.09. The van der Waals surface area contributed by atoms with Gasteiger partial charge in [0.2, 0.25) is 0 Å². The van der Waals surface area contributed by atoms with E-state index >= 15 is 0 Å². The van der Waals surface area contributed by atoms with Crippen LogP contribution < -0.4 is 0 Å². The molecule has 0 saturated carbocycles. The predicted octanol–water partition coefficient (Wildman–Crippen LogP) is 13.6. The summed E-state index contributed by atoms with van der Waals surface area (Å²) in [5.41, 5.74) is 0. The number of carbonyl (C=O) groups excluding carboxylic acids is 3. The van der Waals surface area contributed by atoms with Gasteiger partial charge in [-0.15, -0.1) is 0 Å². The molecule has 0 aliphatic heterocycles. The van der Waals surface area contributed by atoms with Gasteiger partial charge in [-0.05, 0) is 25.2 Å². The minimum atomic E-state index is -0.757. The largest absolute Gasteiger partial charge is 0.462 e. The molecule has 0 aromatic heterocycles. The molecule has 0 aliphatic rings.